The van der Waals surface area contributed by atoms with E-state index in [4.69, 9.17) is 2.74 Å². The van der Waals surface area contributed by atoms with Crippen LogP contribution >= 0.6 is 0 Å². The number of anilines is 1. The first-order valence-electron chi connectivity index (χ1n) is 10.5. The summed E-state index contributed by atoms with van der Waals surface area (Å²) in [6.45, 7) is 0. The van der Waals surface area contributed by atoms with E-state index >= 15 is 4.39 Å². The molecule has 2 aromatic heterocycles. The van der Waals surface area contributed by atoms with E-state index in [2.05, 4.69) is 25.5 Å². The van der Waals surface area contributed by atoms with Gasteiger partial charge in [0.2, 0.25) is 5.95 Å². The van der Waals surface area contributed by atoms with Crippen molar-refractivity contribution in [1.82, 2.24) is 30.0 Å². The van der Waals surface area contributed by atoms with Gasteiger partial charge in [-0.15, -0.1) is 10.2 Å². The lowest BCUT2D eigenvalue weighted by atomic mass is 9.96. The van der Waals surface area contributed by atoms with Crippen molar-refractivity contribution in [3.8, 4) is 22.7 Å². The number of piperidine rings is 1. The molecule has 2 saturated heterocycles. The molecule has 8 nitrogen and oxygen atoms in total. The first kappa shape index (κ1) is 16.6. The summed E-state index contributed by atoms with van der Waals surface area (Å²) in [4.78, 5) is 9.61. The molecule has 2 fully saturated rings. The van der Waals surface area contributed by atoms with E-state index in [1.807, 2.05) is 0 Å². The topological polar surface area (TPSA) is 92.0 Å². The Balaban J connectivity index is 1.38. The van der Waals surface area contributed by atoms with Crippen LogP contribution in [0.15, 0.2) is 43.1 Å². The Hall–Kier alpha value is -3.14. The number of aromatic nitrogens is 5. The van der Waals surface area contributed by atoms with Gasteiger partial charge in [0.25, 0.3) is 0 Å². The van der Waals surface area contributed by atoms with Gasteiger partial charge in [0.05, 0.1) is 24.3 Å². The summed E-state index contributed by atoms with van der Waals surface area (Å²) >= 11 is 0. The number of hydrogen-bond acceptors (Lipinski definition) is 7. The minimum Gasteiger partial charge on any atom is -0.507 e. The highest BCUT2D eigenvalue weighted by Gasteiger charge is 2.49. The molecule has 0 unspecified atom stereocenters. The summed E-state index contributed by atoms with van der Waals surface area (Å²) in [6.07, 6.45) is 2.48. The van der Waals surface area contributed by atoms with Gasteiger partial charge in [0, 0.05) is 45.8 Å². The maximum absolute atomic E-state index is 15.1. The summed E-state index contributed by atoms with van der Waals surface area (Å²) in [5.41, 5.74) is 1.45. The number of rotatable bonds is 4. The van der Waals surface area contributed by atoms with Gasteiger partial charge in [0.15, 0.2) is 0 Å². The van der Waals surface area contributed by atoms with Crippen molar-refractivity contribution in [2.45, 2.75) is 43.3 Å². The molecule has 2 N–H and O–H groups in total. The second kappa shape index (κ2) is 7.28. The predicted molar refractivity (Wildman–Crippen MR) is 106 cm³/mol. The Morgan fingerprint density at radius 1 is 1.27 bits per heavy atom. The van der Waals surface area contributed by atoms with Gasteiger partial charge in [-0.1, -0.05) is 0 Å². The fraction of sp³-hybridized carbons (Fsp3) is 0.400. The number of hydrogen-bond donors (Lipinski definition) is 2. The van der Waals surface area contributed by atoms with Gasteiger partial charge in [-0.25, -0.2) is 18.7 Å². The maximum Gasteiger partial charge on any atom is 0.245 e. The van der Waals surface area contributed by atoms with Gasteiger partial charge in [-0.05, 0) is 25.0 Å². The summed E-state index contributed by atoms with van der Waals surface area (Å²) < 4.78 is 47.6. The number of benzene rings is 1. The number of phenolic OH excluding ortho intramolecular Hbond substituents is 1. The molecule has 0 radical (unpaired) electrons. The number of nitrogens with zero attached hydrogens (tertiary/aromatic N) is 6. The van der Waals surface area contributed by atoms with Gasteiger partial charge >= 0.3 is 0 Å². The second-order valence-electron chi connectivity index (χ2n) is 7.45. The molecule has 30 heavy (non-hydrogen) atoms. The first-order chi connectivity index (χ1) is 15.2. The lowest BCUT2D eigenvalue weighted by molar-refractivity contribution is 0.171. The van der Waals surface area contributed by atoms with Crippen molar-refractivity contribution in [3.05, 3.63) is 43.1 Å². The Bertz CT molecular complexity index is 1140. The molecule has 1 aromatic carbocycles. The third-order valence-electron chi connectivity index (χ3n) is 5.62. The van der Waals surface area contributed by atoms with Crippen LogP contribution in [-0.4, -0.2) is 67.3 Å². The molecule has 4 heterocycles. The number of nitrogens with one attached hydrogen (secondary N) is 1. The van der Waals surface area contributed by atoms with Crippen molar-refractivity contribution in [1.29, 1.82) is 0 Å². The summed E-state index contributed by atoms with van der Waals surface area (Å²) in [5.74, 6) is 0.0632. The molecule has 10 heteroatoms. The summed E-state index contributed by atoms with van der Waals surface area (Å²) in [7, 11) is 1.54. The smallest absolute Gasteiger partial charge is 0.245 e. The van der Waals surface area contributed by atoms with Crippen molar-refractivity contribution in [3.63, 3.8) is 0 Å². The Morgan fingerprint density at radius 3 is 2.83 bits per heavy atom. The molecule has 3 aromatic rings. The Labute approximate surface area is 174 Å². The lowest BCUT2D eigenvalue weighted by Crippen LogP contribution is -2.56. The fourth-order valence-electron chi connectivity index (χ4n) is 3.92. The summed E-state index contributed by atoms with van der Waals surface area (Å²) in [6, 6.07) is 0.477. The van der Waals surface area contributed by atoms with E-state index in [1.165, 1.54) is 18.1 Å². The number of fused-ring (bicyclic) bond motifs is 2. The van der Waals surface area contributed by atoms with Crippen molar-refractivity contribution in [2.75, 3.05) is 11.9 Å². The van der Waals surface area contributed by atoms with E-state index in [1.54, 1.807) is 41.5 Å². The molecule has 0 saturated carbocycles. The Kier molecular flexibility index (Phi) is 4.04. The van der Waals surface area contributed by atoms with Crippen LogP contribution in [0.3, 0.4) is 0 Å². The average Bonchev–Trinajstić information content (AvgIpc) is 3.37. The molecule has 5 rings (SSSR count). The normalized spacial score (nSPS) is 33.8. The van der Waals surface area contributed by atoms with Crippen molar-refractivity contribution in [2.24, 2.45) is 0 Å². The van der Waals surface area contributed by atoms with Crippen LogP contribution in [0, 0.1) is 0 Å². The first-order valence-corrected chi connectivity index (χ1v) is 9.52. The summed E-state index contributed by atoms with van der Waals surface area (Å²) in [5, 5.41) is 21.1. The maximum atomic E-state index is 15.1. The quantitative estimate of drug-likeness (QED) is 0.674. The molecule has 2 aliphatic heterocycles. The van der Waals surface area contributed by atoms with Crippen LogP contribution < -0.4 is 10.2 Å². The monoisotopic (exact) mass is 415 g/mol. The third kappa shape index (κ3) is 3.17. The van der Waals surface area contributed by atoms with Crippen LogP contribution in [0.1, 0.15) is 15.6 Å². The fourth-order valence-corrected chi connectivity index (χ4v) is 3.92. The van der Waals surface area contributed by atoms with Crippen LogP contribution in [0.5, 0.6) is 5.75 Å². The van der Waals surface area contributed by atoms with Crippen LogP contribution in [-0.2, 0) is 0 Å². The zero-order valence-electron chi connectivity index (χ0n) is 18.1. The molecule has 0 spiro atoms. The molecule has 5 atom stereocenters. The zero-order valence-corrected chi connectivity index (χ0v) is 16.1. The highest BCUT2D eigenvalue weighted by Crippen LogP contribution is 2.35. The van der Waals surface area contributed by atoms with E-state index in [0.717, 1.165) is 5.69 Å². The predicted octanol–water partition coefficient (Wildman–Crippen LogP) is 2.05. The molecule has 2 bridgehead atoms. The number of phenols is 1. The van der Waals surface area contributed by atoms with Gasteiger partial charge in [-0.2, -0.15) is 0 Å². The Morgan fingerprint density at radius 2 is 2.13 bits per heavy atom. The van der Waals surface area contributed by atoms with Crippen LogP contribution in [0.2, 0.25) is 0 Å². The SMILES string of the molecule is [2H][C@]12C[C@@H](N(C)c3ncc(-c4ccc(-n5ccnc5)cc4O)nn3)[C@H](F)[C@]([2H])(C[C@H]1F)N2. The highest BCUT2D eigenvalue weighted by atomic mass is 19.1. The van der Waals surface area contributed by atoms with Crippen LogP contribution in [0.4, 0.5) is 14.7 Å². The van der Waals surface area contributed by atoms with E-state index in [9.17, 15) is 9.50 Å². The zero-order chi connectivity index (χ0) is 22.7. The number of halogens is 2. The number of alkyl halides is 2. The largest absolute Gasteiger partial charge is 0.507 e. The van der Waals surface area contributed by atoms with Crippen molar-refractivity contribution < 1.29 is 16.6 Å². The average molecular weight is 415 g/mol. The number of aromatic hydroxyl groups is 1. The number of imidazole rings is 1. The minimum atomic E-state index is -1.87. The minimum absolute atomic E-state index is 0.0200. The van der Waals surface area contributed by atoms with Crippen molar-refractivity contribution >= 4 is 5.95 Å². The van der Waals surface area contributed by atoms with Crippen LogP contribution in [0.25, 0.3) is 16.9 Å². The van der Waals surface area contributed by atoms with Gasteiger partial charge in [-0.3, -0.25) is 0 Å². The molecule has 2 aliphatic rings. The van der Waals surface area contributed by atoms with E-state index < -0.39 is 30.4 Å². The van der Waals surface area contributed by atoms with E-state index in [0.29, 0.717) is 11.3 Å². The standard InChI is InChI=1S/C20H21F2N7O/c1-28(17-8-14-13(21)7-15(25-14)19(17)22)20-24-9-16(26-27-20)12-3-2-11(6-18(12)30)29-5-4-23-10-29/h2-6,9-10,13-15,17,19,25,30H,7-8H2,1H3/t13-,14+,15+,17-,19-/m1/s1/i14D,15D. The molecular weight excluding hydrogens is 392 g/mol. The molecule has 156 valence electrons. The lowest BCUT2D eigenvalue weighted by Gasteiger charge is -2.37. The second-order valence-corrected chi connectivity index (χ2v) is 7.45. The molecule has 0 aliphatic carbocycles. The van der Waals surface area contributed by atoms with E-state index in [-0.39, 0.29) is 24.5 Å². The third-order valence-corrected chi connectivity index (χ3v) is 5.62. The highest BCUT2D eigenvalue weighted by molar-refractivity contribution is 5.68. The van der Waals surface area contributed by atoms with Gasteiger partial charge in [0.1, 0.15) is 23.8 Å². The van der Waals surface area contributed by atoms with Gasteiger partial charge < -0.3 is 19.9 Å². The molecular formula is C20H21F2N7O. The molecule has 0 amide bonds.